The van der Waals surface area contributed by atoms with Gasteiger partial charge in [0.1, 0.15) is 11.7 Å². The van der Waals surface area contributed by atoms with Crippen LogP contribution in [0.25, 0.3) is 0 Å². The normalized spacial score (nSPS) is 24.2. The van der Waals surface area contributed by atoms with E-state index in [0.29, 0.717) is 0 Å². The Morgan fingerprint density at radius 1 is 1.17 bits per heavy atom. The van der Waals surface area contributed by atoms with E-state index in [4.69, 9.17) is 10.2 Å². The molecule has 0 aromatic heterocycles. The molecule has 4 N–H and O–H groups in total. The highest BCUT2D eigenvalue weighted by molar-refractivity contribution is 4.92. The predicted molar refractivity (Wildman–Crippen MR) is 44.6 cm³/mol. The number of rotatable bonds is 4. The second-order valence-corrected chi connectivity index (χ2v) is 3.21. The predicted octanol–water partition coefficient (Wildman–Crippen LogP) is -0.750. The molecule has 0 spiro atoms. The zero-order valence-corrected chi connectivity index (χ0v) is 7.73. The third-order valence-electron chi connectivity index (χ3n) is 2.26. The maximum absolute atomic E-state index is 9.68. The molecule has 4 nitrogen and oxygen atoms in total. The molecule has 0 rings (SSSR count). The zero-order valence-electron chi connectivity index (χ0n) is 7.73. The van der Waals surface area contributed by atoms with Gasteiger partial charge in [-0.25, -0.2) is 0 Å². The first kappa shape index (κ1) is 11.8. The SMILES string of the molecule is CCC(O)(C(C)O)C(O)C(C)O. The summed E-state index contributed by atoms with van der Waals surface area (Å²) in [6.07, 6.45) is -3.24. The fourth-order valence-corrected chi connectivity index (χ4v) is 1.17. The maximum Gasteiger partial charge on any atom is 0.118 e. The van der Waals surface area contributed by atoms with E-state index in [-0.39, 0.29) is 6.42 Å². The van der Waals surface area contributed by atoms with E-state index in [1.165, 1.54) is 13.8 Å². The second-order valence-electron chi connectivity index (χ2n) is 3.21. The Morgan fingerprint density at radius 3 is 1.67 bits per heavy atom. The number of hydrogen-bond donors (Lipinski definition) is 4. The van der Waals surface area contributed by atoms with Crippen molar-refractivity contribution in [3.8, 4) is 0 Å². The van der Waals surface area contributed by atoms with Crippen LogP contribution in [-0.2, 0) is 0 Å². The molecule has 0 aromatic carbocycles. The van der Waals surface area contributed by atoms with E-state index in [2.05, 4.69) is 0 Å². The molecule has 0 aliphatic heterocycles. The lowest BCUT2D eigenvalue weighted by atomic mass is 9.86. The fraction of sp³-hybridized carbons (Fsp3) is 1.00. The first-order valence-corrected chi connectivity index (χ1v) is 4.12. The molecule has 0 aliphatic carbocycles. The van der Waals surface area contributed by atoms with Gasteiger partial charge in [-0.2, -0.15) is 0 Å². The van der Waals surface area contributed by atoms with Gasteiger partial charge in [0.15, 0.2) is 0 Å². The van der Waals surface area contributed by atoms with Gasteiger partial charge in [0.05, 0.1) is 12.2 Å². The van der Waals surface area contributed by atoms with Gasteiger partial charge < -0.3 is 20.4 Å². The third-order valence-corrected chi connectivity index (χ3v) is 2.26. The quantitative estimate of drug-likeness (QED) is 0.456. The zero-order chi connectivity index (χ0) is 9.94. The average Bonchev–Trinajstić information content (AvgIpc) is 2.01. The summed E-state index contributed by atoms with van der Waals surface area (Å²) in [7, 11) is 0. The molecule has 0 radical (unpaired) electrons. The van der Waals surface area contributed by atoms with Gasteiger partial charge in [0, 0.05) is 0 Å². The molecule has 0 heterocycles. The number of hydrogen-bond acceptors (Lipinski definition) is 4. The Hall–Kier alpha value is -0.160. The summed E-state index contributed by atoms with van der Waals surface area (Å²) >= 11 is 0. The third kappa shape index (κ3) is 2.17. The van der Waals surface area contributed by atoms with E-state index in [1.54, 1.807) is 6.92 Å². The highest BCUT2D eigenvalue weighted by atomic mass is 16.4. The summed E-state index contributed by atoms with van der Waals surface area (Å²) in [6, 6.07) is 0. The van der Waals surface area contributed by atoms with Crippen LogP contribution < -0.4 is 0 Å². The summed E-state index contributed by atoms with van der Waals surface area (Å²) in [5.41, 5.74) is -1.62. The van der Waals surface area contributed by atoms with E-state index in [0.717, 1.165) is 0 Å². The molecule has 0 fully saturated rings. The standard InChI is InChI=1S/C8H18O4/c1-4-8(12,6(3)10)7(11)5(2)9/h5-7,9-12H,4H2,1-3H3. The summed E-state index contributed by atoms with van der Waals surface area (Å²) in [4.78, 5) is 0. The smallest absolute Gasteiger partial charge is 0.118 e. The Morgan fingerprint density at radius 2 is 1.58 bits per heavy atom. The maximum atomic E-state index is 9.68. The van der Waals surface area contributed by atoms with Crippen molar-refractivity contribution in [1.29, 1.82) is 0 Å². The Balaban J connectivity index is 4.51. The molecule has 0 saturated heterocycles. The van der Waals surface area contributed by atoms with Crippen LogP contribution in [0.1, 0.15) is 27.2 Å². The van der Waals surface area contributed by atoms with Crippen molar-refractivity contribution in [2.45, 2.75) is 51.1 Å². The molecule has 0 bridgehead atoms. The summed E-state index contributed by atoms with van der Waals surface area (Å²) in [5, 5.41) is 37.2. The highest BCUT2D eigenvalue weighted by Crippen LogP contribution is 2.22. The fourth-order valence-electron chi connectivity index (χ4n) is 1.17. The van der Waals surface area contributed by atoms with Crippen molar-refractivity contribution in [3.63, 3.8) is 0 Å². The molecule has 0 saturated carbocycles. The minimum Gasteiger partial charge on any atom is -0.391 e. The van der Waals surface area contributed by atoms with E-state index < -0.39 is 23.9 Å². The molecule has 4 atom stereocenters. The average molecular weight is 178 g/mol. The van der Waals surface area contributed by atoms with Gasteiger partial charge in [0.2, 0.25) is 0 Å². The Labute approximate surface area is 72.5 Å². The summed E-state index contributed by atoms with van der Waals surface area (Å²) in [6.45, 7) is 4.39. The van der Waals surface area contributed by atoms with Crippen molar-refractivity contribution in [3.05, 3.63) is 0 Å². The summed E-state index contributed by atoms with van der Waals surface area (Å²) < 4.78 is 0. The van der Waals surface area contributed by atoms with Crippen molar-refractivity contribution in [1.82, 2.24) is 0 Å². The van der Waals surface area contributed by atoms with Crippen LogP contribution in [0, 0.1) is 0 Å². The first-order chi connectivity index (χ1) is 5.36. The minimum absolute atomic E-state index is 0.191. The lowest BCUT2D eigenvalue weighted by Crippen LogP contribution is -2.54. The largest absolute Gasteiger partial charge is 0.391 e. The molecule has 74 valence electrons. The molecule has 0 aliphatic rings. The molecule has 12 heavy (non-hydrogen) atoms. The first-order valence-electron chi connectivity index (χ1n) is 4.12. The summed E-state index contributed by atoms with van der Waals surface area (Å²) in [5.74, 6) is 0. The molecule has 4 heteroatoms. The van der Waals surface area contributed by atoms with E-state index >= 15 is 0 Å². The van der Waals surface area contributed by atoms with Crippen molar-refractivity contribution >= 4 is 0 Å². The van der Waals surface area contributed by atoms with Gasteiger partial charge >= 0.3 is 0 Å². The molecular weight excluding hydrogens is 160 g/mol. The Bertz CT molecular complexity index is 135. The minimum atomic E-state index is -1.62. The topological polar surface area (TPSA) is 80.9 Å². The highest BCUT2D eigenvalue weighted by Gasteiger charge is 2.40. The molecule has 0 aromatic rings. The van der Waals surface area contributed by atoms with Gasteiger partial charge in [-0.15, -0.1) is 0 Å². The van der Waals surface area contributed by atoms with Crippen LogP contribution in [0.4, 0.5) is 0 Å². The van der Waals surface area contributed by atoms with Crippen molar-refractivity contribution < 1.29 is 20.4 Å². The van der Waals surface area contributed by atoms with Crippen LogP contribution in [0.3, 0.4) is 0 Å². The second kappa shape index (κ2) is 4.18. The van der Waals surface area contributed by atoms with Crippen LogP contribution in [-0.4, -0.2) is 44.3 Å². The lowest BCUT2D eigenvalue weighted by Gasteiger charge is -2.36. The van der Waals surface area contributed by atoms with E-state index in [9.17, 15) is 10.2 Å². The van der Waals surface area contributed by atoms with Gasteiger partial charge in [-0.1, -0.05) is 6.92 Å². The molecule has 0 amide bonds. The van der Waals surface area contributed by atoms with Gasteiger partial charge in [-0.05, 0) is 20.3 Å². The van der Waals surface area contributed by atoms with Crippen molar-refractivity contribution in [2.24, 2.45) is 0 Å². The van der Waals surface area contributed by atoms with Crippen LogP contribution in [0.5, 0.6) is 0 Å². The van der Waals surface area contributed by atoms with Gasteiger partial charge in [-0.3, -0.25) is 0 Å². The van der Waals surface area contributed by atoms with E-state index in [1.807, 2.05) is 0 Å². The molecular formula is C8H18O4. The van der Waals surface area contributed by atoms with Crippen LogP contribution >= 0.6 is 0 Å². The van der Waals surface area contributed by atoms with Crippen LogP contribution in [0.2, 0.25) is 0 Å². The molecule has 4 unspecified atom stereocenters. The number of aliphatic hydroxyl groups is 4. The van der Waals surface area contributed by atoms with Crippen LogP contribution in [0.15, 0.2) is 0 Å². The number of aliphatic hydroxyl groups excluding tert-OH is 3. The lowest BCUT2D eigenvalue weighted by molar-refractivity contribution is -0.170. The Kier molecular flexibility index (Phi) is 4.13. The van der Waals surface area contributed by atoms with Crippen molar-refractivity contribution in [2.75, 3.05) is 0 Å². The monoisotopic (exact) mass is 178 g/mol. The van der Waals surface area contributed by atoms with Gasteiger partial charge in [0.25, 0.3) is 0 Å².